The average molecular weight is 384 g/mol. The number of piperidine rings is 1. The van der Waals surface area contributed by atoms with Crippen LogP contribution in [0.5, 0.6) is 5.75 Å². The van der Waals surface area contributed by atoms with E-state index in [1.54, 1.807) is 7.11 Å². The zero-order valence-corrected chi connectivity index (χ0v) is 16.9. The van der Waals surface area contributed by atoms with Crippen LogP contribution in [0.15, 0.2) is 48.5 Å². The van der Waals surface area contributed by atoms with Gasteiger partial charge in [0.25, 0.3) is 0 Å². The molecule has 2 aromatic carbocycles. The van der Waals surface area contributed by atoms with E-state index >= 15 is 0 Å². The Morgan fingerprint density at radius 1 is 0.852 bits per heavy atom. The summed E-state index contributed by atoms with van der Waals surface area (Å²) in [5, 5.41) is 7.19. The Kier molecular flexibility index (Phi) is 7.48. The second-order valence-corrected chi connectivity index (χ2v) is 7.45. The smallest absolute Gasteiger partial charge is 0.166 e. The van der Waals surface area contributed by atoms with E-state index in [1.165, 1.54) is 49.0 Å². The molecule has 4 nitrogen and oxygen atoms in total. The summed E-state index contributed by atoms with van der Waals surface area (Å²) in [6.07, 6.45) is 4.06. The van der Waals surface area contributed by atoms with Crippen molar-refractivity contribution in [3.8, 4) is 5.75 Å². The second kappa shape index (κ2) is 10.3. The Morgan fingerprint density at radius 2 is 1.37 bits per heavy atom. The maximum atomic E-state index is 5.38. The number of methoxy groups -OCH3 is 1. The van der Waals surface area contributed by atoms with E-state index in [1.807, 2.05) is 24.3 Å². The summed E-state index contributed by atoms with van der Waals surface area (Å²) >= 11 is 5.38. The Morgan fingerprint density at radius 3 is 1.93 bits per heavy atom. The number of likely N-dealkylation sites (tertiary alicyclic amines) is 1. The highest BCUT2D eigenvalue weighted by Crippen LogP contribution is 2.14. The van der Waals surface area contributed by atoms with Crippen LogP contribution < -0.4 is 15.4 Å². The first-order chi connectivity index (χ1) is 13.2. The van der Waals surface area contributed by atoms with Crippen LogP contribution in [0.4, 0.5) is 0 Å². The minimum Gasteiger partial charge on any atom is -0.497 e. The van der Waals surface area contributed by atoms with E-state index in [0.717, 1.165) is 18.8 Å². The average Bonchev–Trinajstić information content (AvgIpc) is 2.73. The van der Waals surface area contributed by atoms with Crippen LogP contribution in [0.3, 0.4) is 0 Å². The van der Waals surface area contributed by atoms with Crippen LogP contribution in [-0.2, 0) is 19.6 Å². The fourth-order valence-electron chi connectivity index (χ4n) is 3.31. The summed E-state index contributed by atoms with van der Waals surface area (Å²) < 4.78 is 5.17. The molecule has 1 aliphatic rings. The summed E-state index contributed by atoms with van der Waals surface area (Å²) in [6, 6.07) is 16.8. The summed E-state index contributed by atoms with van der Waals surface area (Å²) in [5.41, 5.74) is 3.80. The van der Waals surface area contributed by atoms with Gasteiger partial charge in [0.15, 0.2) is 5.11 Å². The Hall–Kier alpha value is -2.11. The van der Waals surface area contributed by atoms with Crippen molar-refractivity contribution in [2.24, 2.45) is 0 Å². The van der Waals surface area contributed by atoms with Gasteiger partial charge in [0.2, 0.25) is 0 Å². The van der Waals surface area contributed by atoms with E-state index in [2.05, 4.69) is 39.8 Å². The fourth-order valence-corrected chi connectivity index (χ4v) is 3.45. The van der Waals surface area contributed by atoms with Gasteiger partial charge in [-0.15, -0.1) is 0 Å². The number of benzene rings is 2. The number of hydrogen-bond acceptors (Lipinski definition) is 3. The lowest BCUT2D eigenvalue weighted by Crippen LogP contribution is -2.34. The van der Waals surface area contributed by atoms with Gasteiger partial charge in [-0.1, -0.05) is 42.8 Å². The topological polar surface area (TPSA) is 36.5 Å². The monoisotopic (exact) mass is 383 g/mol. The van der Waals surface area contributed by atoms with Gasteiger partial charge in [-0.2, -0.15) is 0 Å². The molecule has 0 aliphatic carbocycles. The fraction of sp³-hybridized carbons (Fsp3) is 0.409. The molecule has 5 heteroatoms. The molecule has 1 saturated heterocycles. The summed E-state index contributed by atoms with van der Waals surface area (Å²) in [5.74, 6) is 0.864. The molecular formula is C22H29N3OS. The van der Waals surface area contributed by atoms with E-state index in [-0.39, 0.29) is 0 Å². The lowest BCUT2D eigenvalue weighted by atomic mass is 10.1. The third-order valence-corrected chi connectivity index (χ3v) is 5.23. The molecule has 0 amide bonds. The van der Waals surface area contributed by atoms with E-state index < -0.39 is 0 Å². The SMILES string of the molecule is COc1ccc(CNC(=S)NCc2ccc(CN3CCCCC3)cc2)cc1. The van der Waals surface area contributed by atoms with Crippen molar-refractivity contribution in [1.29, 1.82) is 0 Å². The third-order valence-electron chi connectivity index (χ3n) is 4.94. The van der Waals surface area contributed by atoms with Gasteiger partial charge >= 0.3 is 0 Å². The van der Waals surface area contributed by atoms with Gasteiger partial charge in [0.1, 0.15) is 5.75 Å². The second-order valence-electron chi connectivity index (χ2n) is 7.04. The highest BCUT2D eigenvalue weighted by Gasteiger charge is 2.10. The van der Waals surface area contributed by atoms with Crippen molar-refractivity contribution in [3.05, 3.63) is 65.2 Å². The molecule has 0 unspecified atom stereocenters. The highest BCUT2D eigenvalue weighted by molar-refractivity contribution is 7.80. The summed E-state index contributed by atoms with van der Waals surface area (Å²) in [6.45, 7) is 4.97. The normalized spacial score (nSPS) is 14.6. The highest BCUT2D eigenvalue weighted by atomic mass is 32.1. The molecule has 0 saturated carbocycles. The quantitative estimate of drug-likeness (QED) is 0.711. The van der Waals surface area contributed by atoms with Crippen molar-refractivity contribution in [2.75, 3.05) is 20.2 Å². The number of nitrogens with one attached hydrogen (secondary N) is 2. The van der Waals surface area contributed by atoms with Crippen LogP contribution in [0.2, 0.25) is 0 Å². The van der Waals surface area contributed by atoms with Gasteiger partial charge < -0.3 is 15.4 Å². The number of nitrogens with zero attached hydrogens (tertiary/aromatic N) is 1. The third kappa shape index (κ3) is 6.52. The molecule has 27 heavy (non-hydrogen) atoms. The van der Waals surface area contributed by atoms with Crippen molar-refractivity contribution in [3.63, 3.8) is 0 Å². The molecule has 0 bridgehead atoms. The number of ether oxygens (including phenoxy) is 1. The minimum absolute atomic E-state index is 0.670. The first-order valence-electron chi connectivity index (χ1n) is 9.68. The number of hydrogen-bond donors (Lipinski definition) is 2. The van der Waals surface area contributed by atoms with E-state index in [0.29, 0.717) is 11.7 Å². The van der Waals surface area contributed by atoms with E-state index in [9.17, 15) is 0 Å². The van der Waals surface area contributed by atoms with Crippen LogP contribution in [-0.4, -0.2) is 30.2 Å². The molecule has 2 aromatic rings. The molecule has 144 valence electrons. The van der Waals surface area contributed by atoms with Crippen molar-refractivity contribution < 1.29 is 4.74 Å². The molecule has 0 atom stereocenters. The van der Waals surface area contributed by atoms with Crippen LogP contribution in [0.1, 0.15) is 36.0 Å². The van der Waals surface area contributed by atoms with Crippen molar-refractivity contribution in [2.45, 2.75) is 38.9 Å². The van der Waals surface area contributed by atoms with Gasteiger partial charge in [-0.25, -0.2) is 0 Å². The summed E-state index contributed by atoms with van der Waals surface area (Å²) in [7, 11) is 1.67. The summed E-state index contributed by atoms with van der Waals surface area (Å²) in [4.78, 5) is 2.55. The predicted octanol–water partition coefficient (Wildman–Crippen LogP) is 3.85. The number of thiocarbonyl (C=S) groups is 1. The Bertz CT molecular complexity index is 709. The lowest BCUT2D eigenvalue weighted by molar-refractivity contribution is 0.221. The minimum atomic E-state index is 0.670. The Labute approximate surface area is 167 Å². The maximum Gasteiger partial charge on any atom is 0.166 e. The molecule has 1 heterocycles. The lowest BCUT2D eigenvalue weighted by Gasteiger charge is -2.26. The van der Waals surface area contributed by atoms with Crippen LogP contribution in [0, 0.1) is 0 Å². The largest absolute Gasteiger partial charge is 0.497 e. The first-order valence-corrected chi connectivity index (χ1v) is 10.1. The van der Waals surface area contributed by atoms with E-state index in [4.69, 9.17) is 17.0 Å². The molecule has 0 radical (unpaired) electrons. The van der Waals surface area contributed by atoms with Crippen LogP contribution >= 0.6 is 12.2 Å². The van der Waals surface area contributed by atoms with Crippen molar-refractivity contribution in [1.82, 2.24) is 15.5 Å². The maximum absolute atomic E-state index is 5.38. The molecule has 0 aromatic heterocycles. The molecular weight excluding hydrogens is 354 g/mol. The van der Waals surface area contributed by atoms with Crippen LogP contribution in [0.25, 0.3) is 0 Å². The van der Waals surface area contributed by atoms with Gasteiger partial charge in [-0.05, 0) is 67.0 Å². The Balaban J connectivity index is 1.38. The van der Waals surface area contributed by atoms with Gasteiger partial charge in [0, 0.05) is 19.6 Å². The first kappa shape index (κ1) is 19.6. The molecule has 1 fully saturated rings. The molecule has 1 aliphatic heterocycles. The molecule has 0 spiro atoms. The predicted molar refractivity (Wildman–Crippen MR) is 115 cm³/mol. The zero-order valence-electron chi connectivity index (χ0n) is 16.0. The zero-order chi connectivity index (χ0) is 18.9. The van der Waals surface area contributed by atoms with Crippen molar-refractivity contribution >= 4 is 17.3 Å². The standard InChI is InChI=1S/C22H29N3OS/c1-26-21-11-9-19(10-12-21)16-24-22(27)23-15-18-5-7-20(8-6-18)17-25-13-3-2-4-14-25/h5-12H,2-4,13-17H2,1H3,(H2,23,24,27). The molecule has 3 rings (SSSR count). The van der Waals surface area contributed by atoms with Gasteiger partial charge in [0.05, 0.1) is 7.11 Å². The molecule has 2 N–H and O–H groups in total. The number of rotatable bonds is 7. The van der Waals surface area contributed by atoms with Gasteiger partial charge in [-0.3, -0.25) is 4.90 Å².